The number of piperidine rings is 1. The smallest absolute Gasteiger partial charge is 0.407 e. The second-order valence-corrected chi connectivity index (χ2v) is 7.36. The molecule has 1 aromatic heterocycles. The molecule has 1 saturated heterocycles. The second kappa shape index (κ2) is 5.89. The highest BCUT2D eigenvalue weighted by atomic mass is 32.2. The van der Waals surface area contributed by atoms with Gasteiger partial charge in [-0.05, 0) is 24.3 Å². The van der Waals surface area contributed by atoms with Crippen LogP contribution in [0.4, 0.5) is 4.79 Å². The lowest BCUT2D eigenvalue weighted by Gasteiger charge is -2.30. The highest BCUT2D eigenvalue weighted by Gasteiger charge is 2.30. The number of hydrogen-bond acceptors (Lipinski definition) is 5. The summed E-state index contributed by atoms with van der Waals surface area (Å²) in [6.07, 6.45) is 0.721. The predicted molar refractivity (Wildman–Crippen MR) is 71.6 cm³/mol. The first-order chi connectivity index (χ1) is 9.04. The molecule has 8 heteroatoms. The molecular formula is C11H16N2O4S2. The van der Waals surface area contributed by atoms with Crippen LogP contribution in [0.15, 0.2) is 21.7 Å². The van der Waals surface area contributed by atoms with Crippen molar-refractivity contribution < 1.29 is 17.9 Å². The van der Waals surface area contributed by atoms with Crippen LogP contribution in [-0.4, -0.2) is 45.1 Å². The SMILES string of the molecule is COC(=O)NC1CCN(S(=O)(=O)c2cccs2)CC1. The maximum absolute atomic E-state index is 12.3. The largest absolute Gasteiger partial charge is 0.453 e. The normalized spacial score (nSPS) is 18.2. The summed E-state index contributed by atoms with van der Waals surface area (Å²) in [4.78, 5) is 11.1. The summed E-state index contributed by atoms with van der Waals surface area (Å²) in [6, 6.07) is 3.31. The Labute approximate surface area is 116 Å². The summed E-state index contributed by atoms with van der Waals surface area (Å²) in [5, 5.41) is 4.44. The van der Waals surface area contributed by atoms with Crippen LogP contribution in [0.2, 0.25) is 0 Å². The van der Waals surface area contributed by atoms with Gasteiger partial charge in [-0.1, -0.05) is 6.07 Å². The number of nitrogens with one attached hydrogen (secondary N) is 1. The van der Waals surface area contributed by atoms with Gasteiger partial charge in [0.1, 0.15) is 4.21 Å². The van der Waals surface area contributed by atoms with Gasteiger partial charge in [0.15, 0.2) is 0 Å². The average Bonchev–Trinajstić information content (AvgIpc) is 2.94. The molecule has 1 aliphatic rings. The van der Waals surface area contributed by atoms with E-state index in [1.807, 2.05) is 0 Å². The van der Waals surface area contributed by atoms with Gasteiger partial charge >= 0.3 is 6.09 Å². The molecule has 2 heterocycles. The number of nitrogens with zero attached hydrogens (tertiary/aromatic N) is 1. The summed E-state index contributed by atoms with van der Waals surface area (Å²) >= 11 is 1.22. The monoisotopic (exact) mass is 304 g/mol. The van der Waals surface area contributed by atoms with E-state index < -0.39 is 16.1 Å². The first kappa shape index (κ1) is 14.3. The molecule has 0 unspecified atom stereocenters. The van der Waals surface area contributed by atoms with Crippen molar-refractivity contribution >= 4 is 27.5 Å². The maximum Gasteiger partial charge on any atom is 0.407 e. The number of methoxy groups -OCH3 is 1. The fraction of sp³-hybridized carbons (Fsp3) is 0.545. The van der Waals surface area contributed by atoms with Gasteiger partial charge in [-0.3, -0.25) is 0 Å². The Hall–Kier alpha value is -1.12. The number of ether oxygens (including phenoxy) is 1. The van der Waals surface area contributed by atoms with Crippen LogP contribution >= 0.6 is 11.3 Å². The minimum absolute atomic E-state index is 0.0257. The quantitative estimate of drug-likeness (QED) is 0.912. The van der Waals surface area contributed by atoms with Crippen LogP contribution < -0.4 is 5.32 Å². The summed E-state index contributed by atoms with van der Waals surface area (Å²) < 4.78 is 30.9. The van der Waals surface area contributed by atoms with Crippen molar-refractivity contribution in [1.82, 2.24) is 9.62 Å². The highest BCUT2D eigenvalue weighted by molar-refractivity contribution is 7.91. The molecule has 0 aromatic carbocycles. The Morgan fingerprint density at radius 1 is 1.47 bits per heavy atom. The van der Waals surface area contributed by atoms with Gasteiger partial charge in [-0.25, -0.2) is 13.2 Å². The molecule has 0 atom stereocenters. The van der Waals surface area contributed by atoms with Crippen molar-refractivity contribution in [3.63, 3.8) is 0 Å². The van der Waals surface area contributed by atoms with Gasteiger partial charge in [-0.15, -0.1) is 11.3 Å². The summed E-state index contributed by atoms with van der Waals surface area (Å²) in [5.74, 6) is 0. The van der Waals surface area contributed by atoms with Crippen LogP contribution in [0.25, 0.3) is 0 Å². The van der Waals surface area contributed by atoms with Gasteiger partial charge in [0.05, 0.1) is 7.11 Å². The zero-order valence-corrected chi connectivity index (χ0v) is 12.2. The molecular weight excluding hydrogens is 288 g/mol. The van der Waals surface area contributed by atoms with E-state index in [0.717, 1.165) is 0 Å². The second-order valence-electron chi connectivity index (χ2n) is 4.25. The molecule has 19 heavy (non-hydrogen) atoms. The predicted octanol–water partition coefficient (Wildman–Crippen LogP) is 1.26. The minimum atomic E-state index is -3.37. The standard InChI is InChI=1S/C11H16N2O4S2/c1-17-11(14)12-9-4-6-13(7-5-9)19(15,16)10-3-2-8-18-10/h2-3,8-9H,4-7H2,1H3,(H,12,14). The summed E-state index contributed by atoms with van der Waals surface area (Å²) in [7, 11) is -2.06. The first-order valence-electron chi connectivity index (χ1n) is 5.92. The molecule has 106 valence electrons. The van der Waals surface area contributed by atoms with Crippen LogP contribution in [0.1, 0.15) is 12.8 Å². The van der Waals surface area contributed by atoms with E-state index in [-0.39, 0.29) is 6.04 Å². The summed E-state index contributed by atoms with van der Waals surface area (Å²) in [5.41, 5.74) is 0. The van der Waals surface area contributed by atoms with Crippen molar-refractivity contribution in [1.29, 1.82) is 0 Å². The fourth-order valence-corrected chi connectivity index (χ4v) is 4.62. The topological polar surface area (TPSA) is 75.7 Å². The zero-order valence-electron chi connectivity index (χ0n) is 10.5. The van der Waals surface area contributed by atoms with Crippen LogP contribution in [0.3, 0.4) is 0 Å². The van der Waals surface area contributed by atoms with Crippen LogP contribution in [0, 0.1) is 0 Å². The number of carbonyl (C=O) groups excluding carboxylic acids is 1. The van der Waals surface area contributed by atoms with Gasteiger partial charge < -0.3 is 10.1 Å². The maximum atomic E-state index is 12.3. The molecule has 0 bridgehead atoms. The Bertz CT molecular complexity index is 519. The van der Waals surface area contributed by atoms with E-state index in [1.54, 1.807) is 17.5 Å². The van der Waals surface area contributed by atoms with Gasteiger partial charge in [0, 0.05) is 19.1 Å². The minimum Gasteiger partial charge on any atom is -0.453 e. The number of hydrogen-bond donors (Lipinski definition) is 1. The van der Waals surface area contributed by atoms with Crippen molar-refractivity contribution in [2.24, 2.45) is 0 Å². The third kappa shape index (κ3) is 3.26. The van der Waals surface area contributed by atoms with Crippen LogP contribution in [0.5, 0.6) is 0 Å². The van der Waals surface area contributed by atoms with Crippen molar-refractivity contribution in [3.05, 3.63) is 17.5 Å². The fourth-order valence-electron chi connectivity index (χ4n) is 2.00. The molecule has 0 saturated carbocycles. The Balaban J connectivity index is 1.95. The molecule has 1 aromatic rings. The van der Waals surface area contributed by atoms with Gasteiger partial charge in [0.2, 0.25) is 0 Å². The number of rotatable bonds is 3. The number of alkyl carbamates (subject to hydrolysis) is 1. The molecule has 1 aliphatic heterocycles. The molecule has 1 N–H and O–H groups in total. The van der Waals surface area contributed by atoms with E-state index in [2.05, 4.69) is 10.1 Å². The molecule has 0 spiro atoms. The lowest BCUT2D eigenvalue weighted by molar-refractivity contribution is 0.161. The molecule has 1 amide bonds. The van der Waals surface area contributed by atoms with E-state index >= 15 is 0 Å². The Morgan fingerprint density at radius 3 is 2.68 bits per heavy atom. The van der Waals surface area contributed by atoms with E-state index in [4.69, 9.17) is 0 Å². The molecule has 2 rings (SSSR count). The van der Waals surface area contributed by atoms with Crippen molar-refractivity contribution in [2.45, 2.75) is 23.1 Å². The molecule has 6 nitrogen and oxygen atoms in total. The van der Waals surface area contributed by atoms with E-state index in [1.165, 1.54) is 22.8 Å². The summed E-state index contributed by atoms with van der Waals surface area (Å²) in [6.45, 7) is 0.823. The Kier molecular flexibility index (Phi) is 4.43. The molecule has 0 aliphatic carbocycles. The number of sulfonamides is 1. The van der Waals surface area contributed by atoms with E-state index in [9.17, 15) is 13.2 Å². The van der Waals surface area contributed by atoms with E-state index in [0.29, 0.717) is 30.1 Å². The third-order valence-electron chi connectivity index (χ3n) is 3.05. The molecule has 0 radical (unpaired) electrons. The van der Waals surface area contributed by atoms with Crippen molar-refractivity contribution in [3.8, 4) is 0 Å². The van der Waals surface area contributed by atoms with Crippen molar-refractivity contribution in [2.75, 3.05) is 20.2 Å². The highest BCUT2D eigenvalue weighted by Crippen LogP contribution is 2.24. The van der Waals surface area contributed by atoms with Gasteiger partial charge in [-0.2, -0.15) is 4.31 Å². The van der Waals surface area contributed by atoms with Gasteiger partial charge in [0.25, 0.3) is 10.0 Å². The first-order valence-corrected chi connectivity index (χ1v) is 8.24. The number of thiophene rings is 1. The number of carbonyl (C=O) groups is 1. The lowest BCUT2D eigenvalue weighted by Crippen LogP contribution is -2.46. The molecule has 1 fully saturated rings. The lowest BCUT2D eigenvalue weighted by atomic mass is 10.1. The average molecular weight is 304 g/mol. The zero-order chi connectivity index (χ0) is 13.9. The number of amides is 1. The Morgan fingerprint density at radius 2 is 2.16 bits per heavy atom. The van der Waals surface area contributed by atoms with Crippen LogP contribution in [-0.2, 0) is 14.8 Å². The third-order valence-corrected chi connectivity index (χ3v) is 6.32.